The van der Waals surface area contributed by atoms with Gasteiger partial charge >= 0.3 is 0 Å². The van der Waals surface area contributed by atoms with Crippen LogP contribution in [0.15, 0.2) is 51.1 Å². The summed E-state index contributed by atoms with van der Waals surface area (Å²) in [5.41, 5.74) is 7.94. The van der Waals surface area contributed by atoms with E-state index < -0.39 is 0 Å². The van der Waals surface area contributed by atoms with Crippen molar-refractivity contribution in [2.75, 3.05) is 0 Å². The topological polar surface area (TPSA) is 67.8 Å². The summed E-state index contributed by atoms with van der Waals surface area (Å²) < 4.78 is 5.78. The molecule has 1 unspecified atom stereocenters. The van der Waals surface area contributed by atoms with Gasteiger partial charge in [-0.1, -0.05) is 19.1 Å². The molecule has 0 fully saturated rings. The number of aromatic amines is 1. The van der Waals surface area contributed by atoms with Gasteiger partial charge in [0.1, 0.15) is 5.76 Å². The van der Waals surface area contributed by atoms with Crippen LogP contribution in [0.5, 0.6) is 0 Å². The standard InChI is InChI=1S/C15H17N3OS/c1-2-10(16)9-11-7-8-14(19-11)20-15-17-12-5-3-4-6-13(12)18-15/h3-8,10H,2,9,16H2,1H3,(H,17,18). The number of furan rings is 1. The molecule has 0 aliphatic heterocycles. The quantitative estimate of drug-likeness (QED) is 0.752. The number of rotatable bonds is 5. The van der Waals surface area contributed by atoms with Gasteiger partial charge in [0.15, 0.2) is 10.2 Å². The molecule has 0 saturated carbocycles. The number of imidazole rings is 1. The van der Waals surface area contributed by atoms with Gasteiger partial charge in [-0.05, 0) is 42.4 Å². The summed E-state index contributed by atoms with van der Waals surface area (Å²) in [5.74, 6) is 0.929. The van der Waals surface area contributed by atoms with E-state index in [1.807, 2.05) is 36.4 Å². The summed E-state index contributed by atoms with van der Waals surface area (Å²) in [4.78, 5) is 7.79. The van der Waals surface area contributed by atoms with Crippen molar-refractivity contribution in [1.82, 2.24) is 9.97 Å². The van der Waals surface area contributed by atoms with Crippen LogP contribution in [-0.4, -0.2) is 16.0 Å². The summed E-state index contributed by atoms with van der Waals surface area (Å²) in [6.07, 6.45) is 1.73. The molecule has 0 radical (unpaired) electrons. The lowest BCUT2D eigenvalue weighted by Crippen LogP contribution is -2.20. The smallest absolute Gasteiger partial charge is 0.174 e. The fraction of sp³-hybridized carbons (Fsp3) is 0.267. The van der Waals surface area contributed by atoms with E-state index in [9.17, 15) is 0 Å². The van der Waals surface area contributed by atoms with Gasteiger partial charge in [-0.25, -0.2) is 4.98 Å². The maximum atomic E-state index is 5.93. The molecule has 3 rings (SSSR count). The molecule has 5 heteroatoms. The zero-order chi connectivity index (χ0) is 13.9. The van der Waals surface area contributed by atoms with Gasteiger partial charge in [-0.2, -0.15) is 0 Å². The molecule has 0 aliphatic rings. The third kappa shape index (κ3) is 2.89. The van der Waals surface area contributed by atoms with Gasteiger partial charge in [0.2, 0.25) is 0 Å². The van der Waals surface area contributed by atoms with Gasteiger partial charge in [0, 0.05) is 12.5 Å². The second kappa shape index (κ2) is 5.73. The molecule has 0 aliphatic carbocycles. The van der Waals surface area contributed by atoms with Gasteiger partial charge in [0.05, 0.1) is 11.0 Å². The maximum Gasteiger partial charge on any atom is 0.174 e. The molecule has 104 valence electrons. The van der Waals surface area contributed by atoms with Crippen LogP contribution >= 0.6 is 11.8 Å². The van der Waals surface area contributed by atoms with Crippen molar-refractivity contribution in [1.29, 1.82) is 0 Å². The van der Waals surface area contributed by atoms with Crippen LogP contribution < -0.4 is 5.73 Å². The molecule has 1 aromatic carbocycles. The number of hydrogen-bond acceptors (Lipinski definition) is 4. The molecule has 0 amide bonds. The van der Waals surface area contributed by atoms with Crippen LogP contribution in [0.4, 0.5) is 0 Å². The van der Waals surface area contributed by atoms with Crippen LogP contribution in [0, 0.1) is 0 Å². The van der Waals surface area contributed by atoms with Crippen LogP contribution in [0.3, 0.4) is 0 Å². The van der Waals surface area contributed by atoms with Crippen molar-refractivity contribution in [2.24, 2.45) is 5.73 Å². The molecule has 2 aromatic heterocycles. The molecule has 2 heterocycles. The number of fused-ring (bicyclic) bond motifs is 1. The monoisotopic (exact) mass is 287 g/mol. The zero-order valence-corrected chi connectivity index (χ0v) is 12.1. The maximum absolute atomic E-state index is 5.93. The van der Waals surface area contributed by atoms with E-state index in [4.69, 9.17) is 10.2 Å². The SMILES string of the molecule is CCC(N)Cc1ccc(Sc2nc3ccccc3[nH]2)o1. The van der Waals surface area contributed by atoms with Crippen LogP contribution in [0.25, 0.3) is 11.0 Å². The van der Waals surface area contributed by atoms with E-state index in [0.717, 1.165) is 39.9 Å². The Morgan fingerprint density at radius 1 is 1.30 bits per heavy atom. The highest BCUT2D eigenvalue weighted by Gasteiger charge is 2.10. The van der Waals surface area contributed by atoms with E-state index in [-0.39, 0.29) is 6.04 Å². The summed E-state index contributed by atoms with van der Waals surface area (Å²) >= 11 is 1.49. The molecule has 3 aromatic rings. The predicted molar refractivity (Wildman–Crippen MR) is 80.9 cm³/mol. The summed E-state index contributed by atoms with van der Waals surface area (Å²) in [6.45, 7) is 2.08. The molecular formula is C15H17N3OS. The molecule has 1 atom stereocenters. The first-order valence-corrected chi connectivity index (χ1v) is 7.53. The first kappa shape index (κ1) is 13.3. The van der Waals surface area contributed by atoms with E-state index in [0.29, 0.717) is 0 Å². The highest BCUT2D eigenvalue weighted by Crippen LogP contribution is 2.29. The van der Waals surface area contributed by atoms with E-state index in [2.05, 4.69) is 16.9 Å². The largest absolute Gasteiger partial charge is 0.454 e. The van der Waals surface area contributed by atoms with E-state index in [1.165, 1.54) is 11.8 Å². The lowest BCUT2D eigenvalue weighted by Gasteiger charge is -2.04. The molecule has 3 N–H and O–H groups in total. The molecule has 0 bridgehead atoms. The van der Waals surface area contributed by atoms with Crippen molar-refractivity contribution in [3.8, 4) is 0 Å². The average molecular weight is 287 g/mol. The molecule has 0 saturated heterocycles. The summed E-state index contributed by atoms with van der Waals surface area (Å²) in [5, 5.41) is 1.68. The number of aromatic nitrogens is 2. The average Bonchev–Trinajstić information content (AvgIpc) is 3.05. The van der Waals surface area contributed by atoms with Gasteiger partial charge in [-0.15, -0.1) is 0 Å². The molecular weight excluding hydrogens is 270 g/mol. The normalized spacial score (nSPS) is 12.9. The van der Waals surface area contributed by atoms with Crippen LogP contribution in [-0.2, 0) is 6.42 Å². The van der Waals surface area contributed by atoms with Crippen molar-refractivity contribution in [2.45, 2.75) is 36.1 Å². The Morgan fingerprint density at radius 2 is 2.15 bits per heavy atom. The number of hydrogen-bond donors (Lipinski definition) is 2. The minimum Gasteiger partial charge on any atom is -0.454 e. The first-order chi connectivity index (χ1) is 9.74. The first-order valence-electron chi connectivity index (χ1n) is 6.71. The number of nitrogens with one attached hydrogen (secondary N) is 1. The van der Waals surface area contributed by atoms with Crippen LogP contribution in [0.2, 0.25) is 0 Å². The van der Waals surface area contributed by atoms with Crippen molar-refractivity contribution < 1.29 is 4.42 Å². The highest BCUT2D eigenvalue weighted by atomic mass is 32.2. The Bertz CT molecular complexity index is 671. The Morgan fingerprint density at radius 3 is 2.95 bits per heavy atom. The van der Waals surface area contributed by atoms with E-state index in [1.54, 1.807) is 0 Å². The Balaban J connectivity index is 1.74. The number of H-pyrrole nitrogens is 1. The zero-order valence-electron chi connectivity index (χ0n) is 11.3. The third-order valence-electron chi connectivity index (χ3n) is 3.19. The third-order valence-corrected chi connectivity index (χ3v) is 4.00. The summed E-state index contributed by atoms with van der Waals surface area (Å²) in [6, 6.07) is 12.1. The predicted octanol–water partition coefficient (Wildman–Crippen LogP) is 3.59. The minimum absolute atomic E-state index is 0.158. The Labute approximate surface area is 121 Å². The van der Waals surface area contributed by atoms with E-state index >= 15 is 0 Å². The fourth-order valence-corrected chi connectivity index (χ4v) is 2.78. The number of benzene rings is 1. The Kier molecular flexibility index (Phi) is 3.80. The van der Waals surface area contributed by atoms with Gasteiger partial charge in [0.25, 0.3) is 0 Å². The van der Waals surface area contributed by atoms with Gasteiger partial charge < -0.3 is 15.1 Å². The number of para-hydroxylation sites is 2. The fourth-order valence-electron chi connectivity index (χ4n) is 2.00. The molecule has 20 heavy (non-hydrogen) atoms. The Hall–Kier alpha value is -1.72. The lowest BCUT2D eigenvalue weighted by molar-refractivity contribution is 0.415. The number of nitrogens with two attached hydrogens (primary N) is 1. The number of nitrogens with zero attached hydrogens (tertiary/aromatic N) is 1. The lowest BCUT2D eigenvalue weighted by atomic mass is 10.1. The second-order valence-electron chi connectivity index (χ2n) is 4.75. The van der Waals surface area contributed by atoms with Crippen molar-refractivity contribution >= 4 is 22.8 Å². The van der Waals surface area contributed by atoms with Crippen molar-refractivity contribution in [3.05, 3.63) is 42.2 Å². The van der Waals surface area contributed by atoms with Gasteiger partial charge in [-0.3, -0.25) is 0 Å². The minimum atomic E-state index is 0.158. The molecule has 0 spiro atoms. The molecule has 4 nitrogen and oxygen atoms in total. The highest BCUT2D eigenvalue weighted by molar-refractivity contribution is 7.99. The van der Waals surface area contributed by atoms with Crippen LogP contribution in [0.1, 0.15) is 19.1 Å². The second-order valence-corrected chi connectivity index (χ2v) is 5.75. The summed E-state index contributed by atoms with van der Waals surface area (Å²) in [7, 11) is 0. The van der Waals surface area contributed by atoms with Crippen molar-refractivity contribution in [3.63, 3.8) is 0 Å².